The van der Waals surface area contributed by atoms with E-state index in [9.17, 15) is 4.79 Å². The number of nitrogens with zero attached hydrogens (tertiary/aromatic N) is 3. The van der Waals surface area contributed by atoms with Gasteiger partial charge in [-0.1, -0.05) is 11.6 Å². The standard InChI is InChI=1S/C20H27ClN4O/c1-14(2)25(15(3)4)20(26)24-11-9-23(10-12-24)19-7-8-22-18-13-16(21)5-6-17(18)19/h5-8,13-15H,9-12H2,1-4H3/p+1. The quantitative estimate of drug-likeness (QED) is 0.821. The Bertz CT molecular complexity index is 776. The van der Waals surface area contributed by atoms with Crippen molar-refractivity contribution in [1.29, 1.82) is 0 Å². The number of piperazine rings is 1. The topological polar surface area (TPSA) is 40.9 Å². The number of H-pyrrole nitrogens is 1. The van der Waals surface area contributed by atoms with Crippen molar-refractivity contribution in [3.8, 4) is 0 Å². The molecule has 2 aromatic rings. The number of benzene rings is 1. The van der Waals surface area contributed by atoms with E-state index in [-0.39, 0.29) is 18.1 Å². The number of aromatic nitrogens is 1. The molecule has 1 aliphatic rings. The van der Waals surface area contributed by atoms with Crippen LogP contribution in [0, 0.1) is 0 Å². The molecule has 3 rings (SSSR count). The van der Waals surface area contributed by atoms with Gasteiger partial charge in [0.15, 0.2) is 6.20 Å². The Balaban J connectivity index is 1.74. The van der Waals surface area contributed by atoms with Crippen LogP contribution in [0.5, 0.6) is 0 Å². The van der Waals surface area contributed by atoms with Crippen molar-refractivity contribution in [3.05, 3.63) is 35.5 Å². The molecule has 1 fully saturated rings. The number of anilines is 1. The maximum absolute atomic E-state index is 12.9. The van der Waals surface area contributed by atoms with E-state index >= 15 is 0 Å². The van der Waals surface area contributed by atoms with Crippen molar-refractivity contribution >= 4 is 34.2 Å². The molecular formula is C20H28ClN4O+. The van der Waals surface area contributed by atoms with Crippen LogP contribution in [0.3, 0.4) is 0 Å². The second kappa shape index (κ2) is 7.70. The minimum atomic E-state index is 0.146. The molecule has 1 aromatic carbocycles. The fourth-order valence-corrected chi connectivity index (χ4v) is 3.95. The van der Waals surface area contributed by atoms with Gasteiger partial charge in [-0.25, -0.2) is 9.78 Å². The number of carbonyl (C=O) groups is 1. The Kier molecular flexibility index (Phi) is 5.56. The smallest absolute Gasteiger partial charge is 0.320 e. The number of hydrogen-bond acceptors (Lipinski definition) is 2. The second-order valence-electron chi connectivity index (χ2n) is 7.40. The Hall–Kier alpha value is -2.01. The van der Waals surface area contributed by atoms with E-state index in [4.69, 9.17) is 11.6 Å². The van der Waals surface area contributed by atoms with Gasteiger partial charge in [0.25, 0.3) is 0 Å². The summed E-state index contributed by atoms with van der Waals surface area (Å²) in [5, 5.41) is 1.88. The SMILES string of the molecule is CC(C)N(C(=O)N1CCN(c2cc[nH+]c3cc(Cl)ccc23)CC1)C(C)C. The number of carbonyl (C=O) groups excluding carboxylic acids is 1. The van der Waals surface area contributed by atoms with Gasteiger partial charge in [-0.3, -0.25) is 0 Å². The molecule has 0 spiro atoms. The summed E-state index contributed by atoms with van der Waals surface area (Å²) in [7, 11) is 0. The highest BCUT2D eigenvalue weighted by Gasteiger charge is 2.29. The predicted octanol–water partition coefficient (Wildman–Crippen LogP) is 3.67. The van der Waals surface area contributed by atoms with Crippen LogP contribution in [0.25, 0.3) is 10.9 Å². The molecule has 0 atom stereocenters. The molecule has 0 aliphatic carbocycles. The van der Waals surface area contributed by atoms with Gasteiger partial charge in [0, 0.05) is 55.4 Å². The van der Waals surface area contributed by atoms with Crippen LogP contribution in [0.4, 0.5) is 10.5 Å². The molecule has 2 amide bonds. The Morgan fingerprint density at radius 3 is 2.35 bits per heavy atom. The van der Waals surface area contributed by atoms with Crippen molar-refractivity contribution in [2.24, 2.45) is 0 Å². The number of nitrogens with one attached hydrogen (secondary N) is 1. The molecule has 0 radical (unpaired) electrons. The summed E-state index contributed by atoms with van der Waals surface area (Å²) in [6.45, 7) is 11.4. The van der Waals surface area contributed by atoms with Crippen LogP contribution in [0.15, 0.2) is 30.5 Å². The lowest BCUT2D eigenvalue weighted by atomic mass is 10.1. The van der Waals surface area contributed by atoms with Crippen molar-refractivity contribution < 1.29 is 9.78 Å². The van der Waals surface area contributed by atoms with E-state index in [2.05, 4.69) is 49.7 Å². The van der Waals surface area contributed by atoms with Gasteiger partial charge in [0.1, 0.15) is 0 Å². The van der Waals surface area contributed by atoms with Crippen LogP contribution in [0.1, 0.15) is 27.7 Å². The largest absolute Gasteiger partial charge is 0.367 e. The van der Waals surface area contributed by atoms with E-state index < -0.39 is 0 Å². The van der Waals surface area contributed by atoms with Crippen molar-refractivity contribution in [2.75, 3.05) is 31.1 Å². The average molecular weight is 376 g/mol. The lowest BCUT2D eigenvalue weighted by Gasteiger charge is -2.41. The monoisotopic (exact) mass is 375 g/mol. The molecule has 5 nitrogen and oxygen atoms in total. The van der Waals surface area contributed by atoms with Gasteiger partial charge in [-0.2, -0.15) is 0 Å². The van der Waals surface area contributed by atoms with Crippen molar-refractivity contribution in [3.63, 3.8) is 0 Å². The number of amides is 2. The van der Waals surface area contributed by atoms with Crippen molar-refractivity contribution in [2.45, 2.75) is 39.8 Å². The highest BCUT2D eigenvalue weighted by molar-refractivity contribution is 6.31. The lowest BCUT2D eigenvalue weighted by Crippen LogP contribution is -2.55. The molecule has 1 aromatic heterocycles. The van der Waals surface area contributed by atoms with Crippen LogP contribution in [-0.4, -0.2) is 54.1 Å². The first kappa shape index (κ1) is 18.8. The van der Waals surface area contributed by atoms with Crippen LogP contribution >= 0.6 is 11.6 Å². The number of urea groups is 1. The molecule has 26 heavy (non-hydrogen) atoms. The normalized spacial score (nSPS) is 15.2. The van der Waals surface area contributed by atoms with E-state index in [0.717, 1.165) is 42.1 Å². The summed E-state index contributed by atoms with van der Waals surface area (Å²) in [6.07, 6.45) is 1.95. The highest BCUT2D eigenvalue weighted by atomic mass is 35.5. The maximum Gasteiger partial charge on any atom is 0.320 e. The summed E-state index contributed by atoms with van der Waals surface area (Å²) < 4.78 is 0. The number of aromatic amines is 1. The fourth-order valence-electron chi connectivity index (χ4n) is 3.78. The zero-order valence-electron chi connectivity index (χ0n) is 16.0. The average Bonchev–Trinajstić information content (AvgIpc) is 2.60. The predicted molar refractivity (Wildman–Crippen MR) is 107 cm³/mol. The zero-order valence-corrected chi connectivity index (χ0v) is 16.8. The van der Waals surface area contributed by atoms with Gasteiger partial charge in [0.05, 0.1) is 11.1 Å². The number of hydrogen-bond donors (Lipinski definition) is 0. The van der Waals surface area contributed by atoms with Gasteiger partial charge < -0.3 is 14.7 Å². The Morgan fingerprint density at radius 1 is 1.08 bits per heavy atom. The molecule has 2 heterocycles. The molecule has 140 valence electrons. The Labute approximate surface area is 160 Å². The van der Waals surface area contributed by atoms with Gasteiger partial charge in [-0.05, 0) is 39.8 Å². The van der Waals surface area contributed by atoms with Crippen LogP contribution < -0.4 is 9.88 Å². The first-order valence-corrected chi connectivity index (χ1v) is 9.68. The third kappa shape index (κ3) is 3.73. The van der Waals surface area contributed by atoms with E-state index in [1.54, 1.807) is 0 Å². The third-order valence-corrected chi connectivity index (χ3v) is 5.20. The minimum absolute atomic E-state index is 0.146. The van der Waals surface area contributed by atoms with E-state index in [1.807, 2.05) is 28.1 Å². The molecule has 0 bridgehead atoms. The van der Waals surface area contributed by atoms with Crippen LogP contribution in [-0.2, 0) is 0 Å². The molecule has 1 saturated heterocycles. The van der Waals surface area contributed by atoms with E-state index in [0.29, 0.717) is 0 Å². The summed E-state index contributed by atoms with van der Waals surface area (Å²) >= 11 is 6.11. The number of rotatable bonds is 3. The summed E-state index contributed by atoms with van der Waals surface area (Å²) in [5.74, 6) is 0. The third-order valence-electron chi connectivity index (χ3n) is 4.96. The van der Waals surface area contributed by atoms with E-state index in [1.165, 1.54) is 5.69 Å². The zero-order chi connectivity index (χ0) is 18.8. The lowest BCUT2D eigenvalue weighted by molar-refractivity contribution is -0.344. The minimum Gasteiger partial charge on any atom is -0.367 e. The molecular weight excluding hydrogens is 348 g/mol. The molecule has 6 heteroatoms. The van der Waals surface area contributed by atoms with Gasteiger partial charge in [-0.15, -0.1) is 0 Å². The number of fused-ring (bicyclic) bond motifs is 1. The maximum atomic E-state index is 12.9. The van der Waals surface area contributed by atoms with Gasteiger partial charge in [0.2, 0.25) is 5.52 Å². The first-order valence-electron chi connectivity index (χ1n) is 9.30. The number of pyridine rings is 1. The van der Waals surface area contributed by atoms with Crippen molar-refractivity contribution in [1.82, 2.24) is 9.80 Å². The Morgan fingerprint density at radius 2 is 1.73 bits per heavy atom. The number of halogens is 1. The molecule has 1 aliphatic heterocycles. The highest BCUT2D eigenvalue weighted by Crippen LogP contribution is 2.27. The summed E-state index contributed by atoms with van der Waals surface area (Å²) in [5.41, 5.74) is 2.21. The fraction of sp³-hybridized carbons (Fsp3) is 0.500. The summed E-state index contributed by atoms with van der Waals surface area (Å²) in [4.78, 5) is 22.4. The van der Waals surface area contributed by atoms with Crippen LogP contribution in [0.2, 0.25) is 5.02 Å². The molecule has 0 saturated carbocycles. The molecule has 1 N–H and O–H groups in total. The first-order chi connectivity index (χ1) is 12.4. The van der Waals surface area contributed by atoms with Gasteiger partial charge >= 0.3 is 6.03 Å². The molecule has 0 unspecified atom stereocenters. The summed E-state index contributed by atoms with van der Waals surface area (Å²) in [6, 6.07) is 8.58. The second-order valence-corrected chi connectivity index (χ2v) is 7.84.